The number of allylic oxidation sites excluding steroid dienone is 4. The van der Waals surface area contributed by atoms with Gasteiger partial charge in [0.15, 0.2) is 0 Å². The van der Waals surface area contributed by atoms with E-state index in [1.165, 1.54) is 82.8 Å². The van der Waals surface area contributed by atoms with Crippen LogP contribution < -0.4 is 0 Å². The Morgan fingerprint density at radius 1 is 0.431 bits per heavy atom. The minimum absolute atomic E-state index is 0.230. The average molecular weight is 653 g/mol. The number of benzene rings is 7. The van der Waals surface area contributed by atoms with E-state index in [1.807, 2.05) is 0 Å². The number of rotatable bonds is 5. The number of hydrogen-bond acceptors (Lipinski definition) is 0. The van der Waals surface area contributed by atoms with Crippen LogP contribution in [0.2, 0.25) is 0 Å². The maximum atomic E-state index is 2.52. The summed E-state index contributed by atoms with van der Waals surface area (Å²) < 4.78 is 4.79. The lowest BCUT2D eigenvalue weighted by atomic mass is 9.70. The molecule has 10 rings (SSSR count). The molecule has 0 aliphatic heterocycles. The Bertz CT molecular complexity index is 2820. The van der Waals surface area contributed by atoms with E-state index < -0.39 is 0 Å². The molecule has 0 fully saturated rings. The molecule has 0 saturated carbocycles. The van der Waals surface area contributed by atoms with Gasteiger partial charge in [-0.15, -0.1) is 0 Å². The Morgan fingerprint density at radius 3 is 1.53 bits per heavy atom. The van der Waals surface area contributed by atoms with Crippen LogP contribution in [0.15, 0.2) is 188 Å². The number of hydrogen-bond donors (Lipinski definition) is 0. The summed E-state index contributed by atoms with van der Waals surface area (Å²) in [5, 5.41) is 5.10. The zero-order valence-corrected chi connectivity index (χ0v) is 28.5. The van der Waals surface area contributed by atoms with Crippen molar-refractivity contribution in [2.24, 2.45) is 0 Å². The first-order valence-corrected chi connectivity index (χ1v) is 17.8. The summed E-state index contributed by atoms with van der Waals surface area (Å²) in [7, 11) is 0. The zero-order chi connectivity index (χ0) is 33.9. The highest BCUT2D eigenvalue weighted by atomic mass is 15.0. The molecule has 0 spiro atoms. The third-order valence-corrected chi connectivity index (χ3v) is 10.9. The van der Waals surface area contributed by atoms with Crippen LogP contribution in [0, 0.1) is 0 Å². The minimum Gasteiger partial charge on any atom is -0.309 e. The van der Waals surface area contributed by atoms with Crippen molar-refractivity contribution in [2.45, 2.75) is 18.8 Å². The molecule has 0 N–H and O–H groups in total. The highest BCUT2D eigenvalue weighted by molar-refractivity contribution is 6.11. The summed E-state index contributed by atoms with van der Waals surface area (Å²) in [5.41, 5.74) is 13.5. The molecule has 0 saturated heterocycles. The Morgan fingerprint density at radius 2 is 0.922 bits per heavy atom. The fourth-order valence-electron chi connectivity index (χ4n) is 8.45. The van der Waals surface area contributed by atoms with Crippen LogP contribution in [0.25, 0.3) is 66.1 Å². The molecular weight excluding hydrogens is 617 g/mol. The van der Waals surface area contributed by atoms with E-state index in [1.54, 1.807) is 0 Å². The third kappa shape index (κ3) is 4.79. The average Bonchev–Trinajstić information content (AvgIpc) is 3.71. The van der Waals surface area contributed by atoms with E-state index in [2.05, 4.69) is 204 Å². The molecule has 1 atom stereocenters. The normalized spacial score (nSPS) is 16.2. The first kappa shape index (κ1) is 29.5. The molecule has 7 aromatic carbocycles. The minimum atomic E-state index is -0.230. The molecule has 2 heteroatoms. The van der Waals surface area contributed by atoms with Crippen molar-refractivity contribution < 1.29 is 0 Å². The van der Waals surface area contributed by atoms with Gasteiger partial charge in [0.1, 0.15) is 0 Å². The summed E-state index contributed by atoms with van der Waals surface area (Å²) in [5.74, 6) is 0. The Labute approximate surface area is 297 Å². The van der Waals surface area contributed by atoms with Gasteiger partial charge < -0.3 is 9.13 Å². The SMILES string of the molecule is CC1(c2ccc3c(c2)c2ccccc2n3-c2ccccc2)C=C(c2ccc3c(c2)c2ccccc2n3-c2ccccc2)C=C(c2ccccc2)C1. The van der Waals surface area contributed by atoms with Crippen LogP contribution in [-0.2, 0) is 5.41 Å². The van der Waals surface area contributed by atoms with Gasteiger partial charge >= 0.3 is 0 Å². The highest BCUT2D eigenvalue weighted by Gasteiger charge is 2.31. The Balaban J connectivity index is 1.17. The predicted molar refractivity (Wildman–Crippen MR) is 216 cm³/mol. The standard InChI is InChI=1S/C49H36N2/c1-49(38-26-28-48-44(31-38)42-22-12-14-24-46(42)51(48)40-19-9-4-10-20-40)32-36(34-15-5-2-6-16-34)29-37(33-49)35-25-27-47-43(30-35)41-21-11-13-23-45(41)50(47)39-17-7-3-8-18-39/h2-31,33H,32H2,1H3. The molecule has 1 aliphatic rings. The van der Waals surface area contributed by atoms with E-state index >= 15 is 0 Å². The number of nitrogens with zero attached hydrogens (tertiary/aromatic N) is 2. The molecule has 2 nitrogen and oxygen atoms in total. The number of fused-ring (bicyclic) bond motifs is 6. The second-order valence-corrected chi connectivity index (χ2v) is 14.1. The Hall–Kier alpha value is -6.38. The van der Waals surface area contributed by atoms with Crippen molar-refractivity contribution in [3.05, 3.63) is 205 Å². The fourth-order valence-corrected chi connectivity index (χ4v) is 8.45. The van der Waals surface area contributed by atoms with Gasteiger partial charge in [-0.25, -0.2) is 0 Å². The van der Waals surface area contributed by atoms with Crippen LogP contribution in [0.1, 0.15) is 30.0 Å². The largest absolute Gasteiger partial charge is 0.309 e. The van der Waals surface area contributed by atoms with Gasteiger partial charge in [-0.2, -0.15) is 0 Å². The van der Waals surface area contributed by atoms with Crippen molar-refractivity contribution in [3.63, 3.8) is 0 Å². The van der Waals surface area contributed by atoms with Gasteiger partial charge in [0.2, 0.25) is 0 Å². The smallest absolute Gasteiger partial charge is 0.0541 e. The van der Waals surface area contributed by atoms with Gasteiger partial charge in [-0.1, -0.05) is 134 Å². The molecule has 242 valence electrons. The van der Waals surface area contributed by atoms with Crippen molar-refractivity contribution in [1.82, 2.24) is 9.13 Å². The van der Waals surface area contributed by atoms with Crippen molar-refractivity contribution in [3.8, 4) is 11.4 Å². The summed E-state index contributed by atoms with van der Waals surface area (Å²) in [4.78, 5) is 0. The van der Waals surface area contributed by atoms with Gasteiger partial charge in [0, 0.05) is 38.3 Å². The van der Waals surface area contributed by atoms with E-state index in [0.717, 1.165) is 6.42 Å². The van der Waals surface area contributed by atoms with Gasteiger partial charge in [0.25, 0.3) is 0 Å². The van der Waals surface area contributed by atoms with Crippen molar-refractivity contribution in [1.29, 1.82) is 0 Å². The molecule has 9 aromatic rings. The van der Waals surface area contributed by atoms with Crippen LogP contribution in [0.4, 0.5) is 0 Å². The summed E-state index contributed by atoms with van der Waals surface area (Å²) >= 11 is 0. The quantitative estimate of drug-likeness (QED) is 0.175. The van der Waals surface area contributed by atoms with Crippen molar-refractivity contribution >= 4 is 54.8 Å². The molecule has 1 aliphatic carbocycles. The molecule has 0 radical (unpaired) electrons. The van der Waals surface area contributed by atoms with E-state index in [9.17, 15) is 0 Å². The molecular formula is C49H36N2. The molecule has 51 heavy (non-hydrogen) atoms. The van der Waals surface area contributed by atoms with E-state index in [0.29, 0.717) is 0 Å². The summed E-state index contributed by atoms with van der Waals surface area (Å²) in [6, 6.07) is 64.1. The fraction of sp³-hybridized carbons (Fsp3) is 0.0612. The van der Waals surface area contributed by atoms with Crippen LogP contribution in [0.5, 0.6) is 0 Å². The van der Waals surface area contributed by atoms with Gasteiger partial charge in [0.05, 0.1) is 22.1 Å². The monoisotopic (exact) mass is 652 g/mol. The van der Waals surface area contributed by atoms with Gasteiger partial charge in [-0.3, -0.25) is 0 Å². The number of para-hydroxylation sites is 4. The molecule has 2 heterocycles. The first-order chi connectivity index (χ1) is 25.1. The third-order valence-electron chi connectivity index (χ3n) is 10.9. The maximum absolute atomic E-state index is 2.52. The lowest BCUT2D eigenvalue weighted by Crippen LogP contribution is -2.22. The van der Waals surface area contributed by atoms with E-state index in [-0.39, 0.29) is 5.41 Å². The predicted octanol–water partition coefficient (Wildman–Crippen LogP) is 12.7. The first-order valence-electron chi connectivity index (χ1n) is 17.8. The van der Waals surface area contributed by atoms with E-state index in [4.69, 9.17) is 0 Å². The zero-order valence-electron chi connectivity index (χ0n) is 28.5. The van der Waals surface area contributed by atoms with Crippen LogP contribution >= 0.6 is 0 Å². The second-order valence-electron chi connectivity index (χ2n) is 14.1. The molecule has 0 amide bonds. The second kappa shape index (κ2) is 11.6. The topological polar surface area (TPSA) is 9.86 Å². The Kier molecular flexibility index (Phi) is 6.72. The highest BCUT2D eigenvalue weighted by Crippen LogP contribution is 2.46. The lowest BCUT2D eigenvalue weighted by molar-refractivity contribution is 0.612. The molecule has 2 aromatic heterocycles. The lowest BCUT2D eigenvalue weighted by Gasteiger charge is -2.33. The summed E-state index contributed by atoms with van der Waals surface area (Å²) in [6.45, 7) is 2.42. The maximum Gasteiger partial charge on any atom is 0.0541 e. The number of aromatic nitrogens is 2. The molecule has 1 unspecified atom stereocenters. The van der Waals surface area contributed by atoms with Gasteiger partial charge in [-0.05, 0) is 94.9 Å². The van der Waals surface area contributed by atoms with Crippen LogP contribution in [0.3, 0.4) is 0 Å². The van der Waals surface area contributed by atoms with Crippen molar-refractivity contribution in [2.75, 3.05) is 0 Å². The molecule has 0 bridgehead atoms. The summed E-state index contributed by atoms with van der Waals surface area (Å²) in [6.07, 6.45) is 5.86. The van der Waals surface area contributed by atoms with Crippen LogP contribution in [-0.4, -0.2) is 9.13 Å².